The minimum Gasteiger partial charge on any atom is -0.321 e. The molecule has 3 unspecified atom stereocenters. The second kappa shape index (κ2) is 5.40. The van der Waals surface area contributed by atoms with Crippen LogP contribution in [0.3, 0.4) is 0 Å². The number of urea groups is 1. The number of halogens is 1. The molecule has 5 heteroatoms. The lowest BCUT2D eigenvalue weighted by Gasteiger charge is -2.27. The van der Waals surface area contributed by atoms with Crippen molar-refractivity contribution in [2.45, 2.75) is 19.4 Å². The fraction of sp³-hybridized carbons (Fsp3) is 0.533. The number of carbonyl (C=O) groups excluding carboxylic acids is 1. The van der Waals surface area contributed by atoms with E-state index >= 15 is 0 Å². The van der Waals surface area contributed by atoms with E-state index in [-0.39, 0.29) is 17.9 Å². The van der Waals surface area contributed by atoms with Gasteiger partial charge in [-0.1, -0.05) is 13.0 Å². The van der Waals surface area contributed by atoms with Crippen molar-refractivity contribution >= 4 is 11.7 Å². The molecule has 0 aliphatic carbocycles. The lowest BCUT2D eigenvalue weighted by Crippen LogP contribution is -2.42. The van der Waals surface area contributed by atoms with E-state index in [1.807, 2.05) is 4.90 Å². The highest BCUT2D eigenvalue weighted by atomic mass is 19.1. The molecule has 1 aromatic rings. The average molecular weight is 277 g/mol. The quantitative estimate of drug-likeness (QED) is 0.871. The molecule has 0 aromatic heterocycles. The van der Waals surface area contributed by atoms with Crippen LogP contribution < -0.4 is 10.6 Å². The Balaban J connectivity index is 1.71. The number of amides is 2. The van der Waals surface area contributed by atoms with Crippen LogP contribution in [0.5, 0.6) is 0 Å². The molecule has 2 saturated heterocycles. The largest absolute Gasteiger partial charge is 0.322 e. The molecule has 2 aliphatic rings. The first-order valence-electron chi connectivity index (χ1n) is 7.23. The van der Waals surface area contributed by atoms with Crippen LogP contribution in [0.25, 0.3) is 0 Å². The van der Waals surface area contributed by atoms with E-state index in [0.717, 1.165) is 26.1 Å². The zero-order valence-electron chi connectivity index (χ0n) is 11.6. The standard InChI is InChI=1S/C15H20FN3O/c1-2-14-13-8-17-7-10(13)9-19(14)15(20)18-12-5-3-4-11(16)6-12/h3-6,10,13-14,17H,2,7-9H2,1H3,(H,18,20). The highest BCUT2D eigenvalue weighted by Crippen LogP contribution is 2.34. The van der Waals surface area contributed by atoms with E-state index in [0.29, 0.717) is 17.5 Å². The van der Waals surface area contributed by atoms with Gasteiger partial charge in [-0.2, -0.15) is 0 Å². The van der Waals surface area contributed by atoms with Crippen LogP contribution in [0.15, 0.2) is 24.3 Å². The number of hydrogen-bond donors (Lipinski definition) is 2. The summed E-state index contributed by atoms with van der Waals surface area (Å²) in [6, 6.07) is 6.19. The van der Waals surface area contributed by atoms with Crippen LogP contribution in [-0.2, 0) is 0 Å². The molecule has 108 valence electrons. The number of likely N-dealkylation sites (tertiary alicyclic amines) is 1. The third-order valence-corrected chi connectivity index (χ3v) is 4.47. The number of nitrogens with one attached hydrogen (secondary N) is 2. The molecule has 0 radical (unpaired) electrons. The van der Waals surface area contributed by atoms with Crippen LogP contribution >= 0.6 is 0 Å². The van der Waals surface area contributed by atoms with E-state index in [4.69, 9.17) is 0 Å². The summed E-state index contributed by atoms with van der Waals surface area (Å²) in [7, 11) is 0. The van der Waals surface area contributed by atoms with Gasteiger partial charge in [0.25, 0.3) is 0 Å². The lowest BCUT2D eigenvalue weighted by molar-refractivity contribution is 0.196. The number of fused-ring (bicyclic) bond motifs is 1. The Hall–Kier alpha value is -1.62. The van der Waals surface area contributed by atoms with E-state index in [9.17, 15) is 9.18 Å². The number of carbonyl (C=O) groups is 1. The van der Waals surface area contributed by atoms with Crippen LogP contribution in [0.2, 0.25) is 0 Å². The van der Waals surface area contributed by atoms with E-state index in [1.54, 1.807) is 12.1 Å². The van der Waals surface area contributed by atoms with E-state index < -0.39 is 0 Å². The molecule has 2 aliphatic heterocycles. The van der Waals surface area contributed by atoms with Crippen molar-refractivity contribution in [2.75, 3.05) is 25.0 Å². The lowest BCUT2D eigenvalue weighted by atomic mass is 9.93. The van der Waals surface area contributed by atoms with Crippen LogP contribution in [0.4, 0.5) is 14.9 Å². The molecular formula is C15H20FN3O. The van der Waals surface area contributed by atoms with Crippen molar-refractivity contribution in [1.82, 2.24) is 10.2 Å². The maximum atomic E-state index is 13.2. The fourth-order valence-electron chi connectivity index (χ4n) is 3.54. The van der Waals surface area contributed by atoms with Crippen molar-refractivity contribution < 1.29 is 9.18 Å². The number of nitrogens with zero attached hydrogens (tertiary/aromatic N) is 1. The molecule has 0 saturated carbocycles. The van der Waals surface area contributed by atoms with Gasteiger partial charge in [-0.15, -0.1) is 0 Å². The van der Waals surface area contributed by atoms with Crippen molar-refractivity contribution in [3.63, 3.8) is 0 Å². The van der Waals surface area contributed by atoms with Crippen molar-refractivity contribution in [3.8, 4) is 0 Å². The molecule has 3 rings (SSSR count). The van der Waals surface area contributed by atoms with E-state index in [1.165, 1.54) is 12.1 Å². The molecule has 0 bridgehead atoms. The number of hydrogen-bond acceptors (Lipinski definition) is 2. The average Bonchev–Trinajstić information content (AvgIpc) is 2.98. The van der Waals surface area contributed by atoms with Gasteiger partial charge >= 0.3 is 6.03 Å². The van der Waals surface area contributed by atoms with Gasteiger partial charge in [0.15, 0.2) is 0 Å². The summed E-state index contributed by atoms with van der Waals surface area (Å²) in [6.45, 7) is 4.89. The van der Waals surface area contributed by atoms with E-state index in [2.05, 4.69) is 17.6 Å². The van der Waals surface area contributed by atoms with Crippen molar-refractivity contribution in [1.29, 1.82) is 0 Å². The Bertz CT molecular complexity index is 508. The van der Waals surface area contributed by atoms with Crippen LogP contribution in [-0.4, -0.2) is 36.6 Å². The molecule has 4 nitrogen and oxygen atoms in total. The second-order valence-corrected chi connectivity index (χ2v) is 5.65. The summed E-state index contributed by atoms with van der Waals surface area (Å²) in [5, 5.41) is 6.20. The van der Waals surface area contributed by atoms with Crippen molar-refractivity contribution in [2.24, 2.45) is 11.8 Å². The monoisotopic (exact) mass is 277 g/mol. The Labute approximate surface area is 118 Å². The SMILES string of the molecule is CCC1C2CNCC2CN1C(=O)Nc1cccc(F)c1. The van der Waals surface area contributed by atoms with Gasteiger partial charge in [-0.3, -0.25) is 0 Å². The van der Waals surface area contributed by atoms with Crippen LogP contribution in [0.1, 0.15) is 13.3 Å². The molecule has 2 amide bonds. The van der Waals surface area contributed by atoms with Crippen LogP contribution in [0, 0.1) is 17.7 Å². The minimum absolute atomic E-state index is 0.114. The zero-order chi connectivity index (χ0) is 14.1. The van der Waals surface area contributed by atoms with Gasteiger partial charge in [-0.25, -0.2) is 9.18 Å². The Kier molecular flexibility index (Phi) is 3.61. The summed E-state index contributed by atoms with van der Waals surface area (Å²) >= 11 is 0. The molecule has 2 fully saturated rings. The molecule has 0 spiro atoms. The summed E-state index contributed by atoms with van der Waals surface area (Å²) in [6.07, 6.45) is 0.958. The molecule has 20 heavy (non-hydrogen) atoms. The smallest absolute Gasteiger partial charge is 0.321 e. The Morgan fingerprint density at radius 2 is 2.35 bits per heavy atom. The number of anilines is 1. The number of rotatable bonds is 2. The normalized spacial score (nSPS) is 28.5. The second-order valence-electron chi connectivity index (χ2n) is 5.65. The van der Waals surface area contributed by atoms with Gasteiger partial charge < -0.3 is 15.5 Å². The molecular weight excluding hydrogens is 257 g/mol. The maximum absolute atomic E-state index is 13.2. The molecule has 2 N–H and O–H groups in total. The summed E-state index contributed by atoms with van der Waals surface area (Å²) < 4.78 is 13.2. The third kappa shape index (κ3) is 2.38. The Morgan fingerprint density at radius 1 is 1.50 bits per heavy atom. The summed E-state index contributed by atoms with van der Waals surface area (Å²) in [5.41, 5.74) is 0.514. The molecule has 2 heterocycles. The van der Waals surface area contributed by atoms with Gasteiger partial charge in [-0.05, 0) is 36.5 Å². The molecule has 1 aromatic carbocycles. The fourth-order valence-corrected chi connectivity index (χ4v) is 3.54. The maximum Gasteiger partial charge on any atom is 0.322 e. The first-order valence-corrected chi connectivity index (χ1v) is 7.23. The first-order chi connectivity index (χ1) is 9.69. The highest BCUT2D eigenvalue weighted by Gasteiger charge is 2.45. The predicted octanol–water partition coefficient (Wildman–Crippen LogP) is 2.29. The van der Waals surface area contributed by atoms with Gasteiger partial charge in [0.1, 0.15) is 5.82 Å². The first kappa shape index (κ1) is 13.4. The minimum atomic E-state index is -0.336. The number of benzene rings is 1. The highest BCUT2D eigenvalue weighted by molar-refractivity contribution is 5.89. The van der Waals surface area contributed by atoms with Gasteiger partial charge in [0.2, 0.25) is 0 Å². The third-order valence-electron chi connectivity index (χ3n) is 4.47. The summed E-state index contributed by atoms with van der Waals surface area (Å²) in [4.78, 5) is 14.3. The predicted molar refractivity (Wildman–Crippen MR) is 76.1 cm³/mol. The summed E-state index contributed by atoms with van der Waals surface area (Å²) in [5.74, 6) is 0.772. The van der Waals surface area contributed by atoms with Gasteiger partial charge in [0.05, 0.1) is 0 Å². The van der Waals surface area contributed by atoms with Crippen molar-refractivity contribution in [3.05, 3.63) is 30.1 Å². The molecule has 3 atom stereocenters. The Morgan fingerprint density at radius 3 is 3.10 bits per heavy atom. The van der Waals surface area contributed by atoms with Gasteiger partial charge in [0, 0.05) is 31.4 Å². The topological polar surface area (TPSA) is 44.4 Å². The zero-order valence-corrected chi connectivity index (χ0v) is 11.6.